The molecule has 0 radical (unpaired) electrons. The zero-order valence-electron chi connectivity index (χ0n) is 13.3. The molecule has 0 saturated carbocycles. The molecule has 2 aromatic rings. The zero-order chi connectivity index (χ0) is 16.2. The van der Waals surface area contributed by atoms with Gasteiger partial charge < -0.3 is 14.5 Å². The fraction of sp³-hybridized carbons (Fsp3) is 0.438. The number of aromatic nitrogens is 2. The highest BCUT2D eigenvalue weighted by Gasteiger charge is 2.20. The summed E-state index contributed by atoms with van der Waals surface area (Å²) in [6.07, 6.45) is 0.490. The van der Waals surface area contributed by atoms with Gasteiger partial charge in [0.15, 0.2) is 0 Å². The lowest BCUT2D eigenvalue weighted by Crippen LogP contribution is -2.35. The molecule has 0 saturated heterocycles. The van der Waals surface area contributed by atoms with Crippen LogP contribution in [0.3, 0.4) is 0 Å². The van der Waals surface area contributed by atoms with Crippen molar-refractivity contribution >= 4 is 5.91 Å². The number of nitrogens with one attached hydrogen (secondary N) is 1. The molecule has 2 rings (SSSR count). The molecule has 1 amide bonds. The molecule has 0 aliphatic rings. The second-order valence-electron chi connectivity index (χ2n) is 5.96. The molecule has 6 heteroatoms. The number of carbonyl (C=O) groups is 1. The van der Waals surface area contributed by atoms with E-state index in [-0.39, 0.29) is 5.91 Å². The standard InChI is InChI=1S/C16H21N3O3/c1-16(2,3)15(20)17-10-9-13-18-19-14(22-13)11-7-5-6-8-12(11)21-4/h5-8H,9-10H2,1-4H3,(H,17,20). The Morgan fingerprint density at radius 3 is 2.68 bits per heavy atom. The van der Waals surface area contributed by atoms with Gasteiger partial charge in [-0.05, 0) is 12.1 Å². The third kappa shape index (κ3) is 3.84. The van der Waals surface area contributed by atoms with Gasteiger partial charge in [-0.1, -0.05) is 32.9 Å². The summed E-state index contributed by atoms with van der Waals surface area (Å²) >= 11 is 0. The van der Waals surface area contributed by atoms with E-state index in [4.69, 9.17) is 9.15 Å². The fourth-order valence-corrected chi connectivity index (χ4v) is 1.83. The fourth-order valence-electron chi connectivity index (χ4n) is 1.83. The zero-order valence-corrected chi connectivity index (χ0v) is 13.3. The maximum atomic E-state index is 11.8. The van der Waals surface area contributed by atoms with Crippen molar-refractivity contribution in [2.24, 2.45) is 5.41 Å². The number of amides is 1. The molecule has 22 heavy (non-hydrogen) atoms. The first-order valence-corrected chi connectivity index (χ1v) is 7.16. The third-order valence-electron chi connectivity index (χ3n) is 3.11. The minimum absolute atomic E-state index is 0.00281. The quantitative estimate of drug-likeness (QED) is 0.918. The van der Waals surface area contributed by atoms with Crippen LogP contribution in [0.25, 0.3) is 11.5 Å². The first-order chi connectivity index (χ1) is 10.4. The Kier molecular flexibility index (Phi) is 4.80. The lowest BCUT2D eigenvalue weighted by Gasteiger charge is -2.16. The number of rotatable bonds is 5. The lowest BCUT2D eigenvalue weighted by molar-refractivity contribution is -0.128. The summed E-state index contributed by atoms with van der Waals surface area (Å²) in [5.74, 6) is 1.57. The van der Waals surface area contributed by atoms with Gasteiger partial charge in [-0.3, -0.25) is 4.79 Å². The first kappa shape index (κ1) is 16.0. The van der Waals surface area contributed by atoms with Gasteiger partial charge in [0.05, 0.1) is 12.7 Å². The summed E-state index contributed by atoms with van der Waals surface area (Å²) in [5, 5.41) is 10.9. The van der Waals surface area contributed by atoms with Gasteiger partial charge in [-0.2, -0.15) is 0 Å². The molecule has 0 atom stereocenters. The van der Waals surface area contributed by atoms with Crippen LogP contribution in [0.2, 0.25) is 0 Å². The Morgan fingerprint density at radius 2 is 2.00 bits per heavy atom. The van der Waals surface area contributed by atoms with Crippen molar-refractivity contribution in [2.75, 3.05) is 13.7 Å². The average molecular weight is 303 g/mol. The summed E-state index contributed by atoms with van der Waals surface area (Å²) in [4.78, 5) is 11.8. The molecule has 0 aliphatic carbocycles. The van der Waals surface area contributed by atoms with Crippen LogP contribution in [0.15, 0.2) is 28.7 Å². The third-order valence-corrected chi connectivity index (χ3v) is 3.11. The van der Waals surface area contributed by atoms with E-state index in [9.17, 15) is 4.79 Å². The molecule has 1 aromatic heterocycles. The molecule has 1 N–H and O–H groups in total. The molecule has 0 unspecified atom stereocenters. The van der Waals surface area contributed by atoms with Gasteiger partial charge in [0.1, 0.15) is 5.75 Å². The topological polar surface area (TPSA) is 77.3 Å². The molecule has 6 nitrogen and oxygen atoms in total. The highest BCUT2D eigenvalue weighted by molar-refractivity contribution is 5.81. The van der Waals surface area contributed by atoms with Gasteiger partial charge in [0, 0.05) is 18.4 Å². The Hall–Kier alpha value is -2.37. The van der Waals surface area contributed by atoms with Gasteiger partial charge >= 0.3 is 0 Å². The summed E-state index contributed by atoms with van der Waals surface area (Å²) in [6, 6.07) is 7.45. The predicted molar refractivity (Wildman–Crippen MR) is 82.5 cm³/mol. The van der Waals surface area contributed by atoms with Crippen molar-refractivity contribution in [1.82, 2.24) is 15.5 Å². The minimum atomic E-state index is -0.405. The van der Waals surface area contributed by atoms with Gasteiger partial charge in [-0.15, -0.1) is 10.2 Å². The van der Waals surface area contributed by atoms with Gasteiger partial charge in [0.2, 0.25) is 11.8 Å². The van der Waals surface area contributed by atoms with Crippen LogP contribution in [-0.4, -0.2) is 29.8 Å². The van der Waals surface area contributed by atoms with E-state index in [1.165, 1.54) is 0 Å². The number of hydrogen-bond donors (Lipinski definition) is 1. The molecular formula is C16H21N3O3. The Bertz CT molecular complexity index is 644. The Balaban J connectivity index is 1.99. The minimum Gasteiger partial charge on any atom is -0.496 e. The van der Waals surface area contributed by atoms with Gasteiger partial charge in [0.25, 0.3) is 5.89 Å². The van der Waals surface area contributed by atoms with Crippen LogP contribution < -0.4 is 10.1 Å². The Labute approximate surface area is 129 Å². The highest BCUT2D eigenvalue weighted by atomic mass is 16.5. The van der Waals surface area contributed by atoms with E-state index in [1.807, 2.05) is 45.0 Å². The maximum absolute atomic E-state index is 11.8. The molecule has 0 spiro atoms. The van der Waals surface area contributed by atoms with Crippen LogP contribution in [0.5, 0.6) is 5.75 Å². The smallest absolute Gasteiger partial charge is 0.251 e. The summed E-state index contributed by atoms with van der Waals surface area (Å²) in [5.41, 5.74) is 0.347. The van der Waals surface area contributed by atoms with Crippen LogP contribution in [0.4, 0.5) is 0 Å². The van der Waals surface area contributed by atoms with Crippen molar-refractivity contribution < 1.29 is 13.9 Å². The number of para-hydroxylation sites is 1. The maximum Gasteiger partial charge on any atom is 0.251 e. The van der Waals surface area contributed by atoms with E-state index < -0.39 is 5.41 Å². The van der Waals surface area contributed by atoms with Crippen molar-refractivity contribution in [2.45, 2.75) is 27.2 Å². The van der Waals surface area contributed by atoms with Crippen LogP contribution in [-0.2, 0) is 11.2 Å². The average Bonchev–Trinajstić information content (AvgIpc) is 2.94. The summed E-state index contributed by atoms with van der Waals surface area (Å²) < 4.78 is 10.9. The van der Waals surface area contributed by atoms with Gasteiger partial charge in [-0.25, -0.2) is 0 Å². The monoisotopic (exact) mass is 303 g/mol. The number of hydrogen-bond acceptors (Lipinski definition) is 5. The van der Waals surface area contributed by atoms with Crippen molar-refractivity contribution in [3.8, 4) is 17.2 Å². The number of carbonyl (C=O) groups excluding carboxylic acids is 1. The molecule has 0 aliphatic heterocycles. The second kappa shape index (κ2) is 6.60. The van der Waals surface area contributed by atoms with Crippen molar-refractivity contribution in [1.29, 1.82) is 0 Å². The molecular weight excluding hydrogens is 282 g/mol. The van der Waals surface area contributed by atoms with E-state index in [0.717, 1.165) is 5.56 Å². The van der Waals surface area contributed by atoms with E-state index in [0.29, 0.717) is 30.5 Å². The van der Waals surface area contributed by atoms with E-state index in [1.54, 1.807) is 7.11 Å². The number of methoxy groups -OCH3 is 1. The predicted octanol–water partition coefficient (Wildman–Crippen LogP) is 2.45. The summed E-state index contributed by atoms with van der Waals surface area (Å²) in [7, 11) is 1.60. The molecule has 0 fully saturated rings. The number of benzene rings is 1. The second-order valence-corrected chi connectivity index (χ2v) is 5.96. The number of nitrogens with zero attached hydrogens (tertiary/aromatic N) is 2. The first-order valence-electron chi connectivity index (χ1n) is 7.16. The SMILES string of the molecule is COc1ccccc1-c1nnc(CCNC(=O)C(C)(C)C)o1. The van der Waals surface area contributed by atoms with Crippen LogP contribution in [0.1, 0.15) is 26.7 Å². The van der Waals surface area contributed by atoms with Crippen LogP contribution in [0, 0.1) is 5.41 Å². The van der Waals surface area contributed by atoms with E-state index >= 15 is 0 Å². The van der Waals surface area contributed by atoms with Crippen molar-refractivity contribution in [3.05, 3.63) is 30.2 Å². The normalized spacial score (nSPS) is 11.3. The van der Waals surface area contributed by atoms with E-state index in [2.05, 4.69) is 15.5 Å². The summed E-state index contributed by atoms with van der Waals surface area (Å²) in [6.45, 7) is 6.07. The van der Waals surface area contributed by atoms with Crippen molar-refractivity contribution in [3.63, 3.8) is 0 Å². The molecule has 1 heterocycles. The molecule has 1 aromatic carbocycles. The number of ether oxygens (including phenoxy) is 1. The highest BCUT2D eigenvalue weighted by Crippen LogP contribution is 2.28. The molecule has 118 valence electrons. The molecule has 0 bridgehead atoms. The largest absolute Gasteiger partial charge is 0.496 e. The Morgan fingerprint density at radius 1 is 1.27 bits per heavy atom. The lowest BCUT2D eigenvalue weighted by atomic mass is 9.96. The van der Waals surface area contributed by atoms with Crippen LogP contribution >= 0.6 is 0 Å².